The molecule has 0 unspecified atom stereocenters. The van der Waals surface area contributed by atoms with Crippen molar-refractivity contribution in [2.75, 3.05) is 23.8 Å². The average molecular weight is 469 g/mol. The smallest absolute Gasteiger partial charge is 0.270 e. The molecule has 2 rings (SSSR count). The van der Waals surface area contributed by atoms with Gasteiger partial charge in [0.2, 0.25) is 10.0 Å². The lowest BCUT2D eigenvalue weighted by atomic mass is 10.3. The molecule has 0 atom stereocenters. The molecule has 0 spiro atoms. The molecule has 0 amide bonds. The molecule has 0 bridgehead atoms. The first kappa shape index (κ1) is 23.9. The third kappa shape index (κ3) is 5.84. The molecule has 166 valence electrons. The van der Waals surface area contributed by atoms with Crippen molar-refractivity contribution in [2.24, 2.45) is 0 Å². The fourth-order valence-electron chi connectivity index (χ4n) is 2.60. The maximum atomic E-state index is 12.9. The maximum absolute atomic E-state index is 12.9. The van der Waals surface area contributed by atoms with Gasteiger partial charge in [-0.05, 0) is 30.4 Å². The van der Waals surface area contributed by atoms with Gasteiger partial charge in [0.1, 0.15) is 4.90 Å². The van der Waals surface area contributed by atoms with Crippen LogP contribution in [0.2, 0.25) is 0 Å². The lowest BCUT2D eigenvalue weighted by Crippen LogP contribution is -2.35. The molecule has 0 saturated carbocycles. The number of nitro benzene ring substituents is 2. The molecular formula is C17H20N6O6S2. The van der Waals surface area contributed by atoms with Crippen LogP contribution in [0.4, 0.5) is 22.7 Å². The van der Waals surface area contributed by atoms with Crippen LogP contribution in [0.1, 0.15) is 13.8 Å². The number of hydrogen-bond acceptors (Lipinski definition) is 8. The molecule has 0 aliphatic rings. The van der Waals surface area contributed by atoms with Crippen LogP contribution in [0.25, 0.3) is 0 Å². The van der Waals surface area contributed by atoms with Crippen molar-refractivity contribution in [2.45, 2.75) is 18.7 Å². The number of hydrogen-bond donors (Lipinski definition) is 3. The predicted molar refractivity (Wildman–Crippen MR) is 119 cm³/mol. The van der Waals surface area contributed by atoms with Gasteiger partial charge in [-0.3, -0.25) is 31.1 Å². The predicted octanol–water partition coefficient (Wildman–Crippen LogP) is 2.85. The summed E-state index contributed by atoms with van der Waals surface area (Å²) < 4.78 is 27.1. The molecule has 31 heavy (non-hydrogen) atoms. The molecule has 0 aliphatic heterocycles. The molecule has 2 aromatic rings. The Kier molecular flexibility index (Phi) is 7.79. The van der Waals surface area contributed by atoms with Crippen LogP contribution in [-0.2, 0) is 10.0 Å². The van der Waals surface area contributed by atoms with Gasteiger partial charge in [0.05, 0.1) is 15.5 Å². The Labute approximate surface area is 183 Å². The average Bonchev–Trinajstić information content (AvgIpc) is 2.73. The van der Waals surface area contributed by atoms with Crippen molar-refractivity contribution in [3.05, 3.63) is 62.7 Å². The number of nitrogens with zero attached hydrogens (tertiary/aromatic N) is 3. The zero-order chi connectivity index (χ0) is 23.2. The van der Waals surface area contributed by atoms with Gasteiger partial charge >= 0.3 is 0 Å². The standard InChI is InChI=1S/C17H20N6O6S2/c1-3-21(4-2)31(28,29)16-11-14(23(26)27)9-10-15(16)19-20-17(30)18-12-5-7-13(8-6-12)22(24)25/h5-11,19H,3-4H2,1-2H3,(H2,18,20,30). The monoisotopic (exact) mass is 468 g/mol. The molecule has 12 nitrogen and oxygen atoms in total. The number of hydrazine groups is 1. The summed E-state index contributed by atoms with van der Waals surface area (Å²) in [5, 5.41) is 24.6. The minimum atomic E-state index is -4.01. The Morgan fingerprint density at radius 1 is 1.00 bits per heavy atom. The van der Waals surface area contributed by atoms with E-state index in [-0.39, 0.29) is 40.2 Å². The third-order valence-electron chi connectivity index (χ3n) is 4.15. The SMILES string of the molecule is CCN(CC)S(=O)(=O)c1cc([N+](=O)[O-])ccc1NNC(=S)Nc1ccc([N+](=O)[O-])cc1. The normalized spacial score (nSPS) is 11.1. The summed E-state index contributed by atoms with van der Waals surface area (Å²) in [6, 6.07) is 8.90. The van der Waals surface area contributed by atoms with E-state index in [9.17, 15) is 28.6 Å². The number of benzene rings is 2. The Bertz CT molecular complexity index is 1090. The van der Waals surface area contributed by atoms with E-state index in [1.807, 2.05) is 0 Å². The van der Waals surface area contributed by atoms with Crippen molar-refractivity contribution in [1.29, 1.82) is 0 Å². The molecule has 0 heterocycles. The highest BCUT2D eigenvalue weighted by atomic mass is 32.2. The summed E-state index contributed by atoms with van der Waals surface area (Å²) in [6.45, 7) is 3.70. The van der Waals surface area contributed by atoms with E-state index < -0.39 is 19.9 Å². The van der Waals surface area contributed by atoms with Crippen molar-refractivity contribution in [3.63, 3.8) is 0 Å². The first-order valence-electron chi connectivity index (χ1n) is 8.96. The lowest BCUT2D eigenvalue weighted by Gasteiger charge is -2.21. The number of non-ortho nitro benzene ring substituents is 2. The van der Waals surface area contributed by atoms with Gasteiger partial charge in [0, 0.05) is 43.0 Å². The lowest BCUT2D eigenvalue weighted by molar-refractivity contribution is -0.385. The van der Waals surface area contributed by atoms with Crippen LogP contribution >= 0.6 is 12.2 Å². The number of nitro groups is 2. The molecule has 3 N–H and O–H groups in total. The van der Waals surface area contributed by atoms with Gasteiger partial charge in [-0.15, -0.1) is 0 Å². The fourth-order valence-corrected chi connectivity index (χ4v) is 4.39. The Balaban J connectivity index is 2.23. The van der Waals surface area contributed by atoms with Crippen molar-refractivity contribution in [3.8, 4) is 0 Å². The summed E-state index contributed by atoms with van der Waals surface area (Å²) in [5.74, 6) is 0. The van der Waals surface area contributed by atoms with Gasteiger partial charge in [-0.1, -0.05) is 13.8 Å². The van der Waals surface area contributed by atoms with Crippen molar-refractivity contribution >= 4 is 50.1 Å². The van der Waals surface area contributed by atoms with Gasteiger partial charge in [0.25, 0.3) is 11.4 Å². The second kappa shape index (κ2) is 10.1. The van der Waals surface area contributed by atoms with Crippen LogP contribution in [-0.4, -0.2) is 40.8 Å². The maximum Gasteiger partial charge on any atom is 0.270 e. The molecular weight excluding hydrogens is 448 g/mol. The zero-order valence-corrected chi connectivity index (χ0v) is 18.2. The van der Waals surface area contributed by atoms with Crippen LogP contribution in [0.5, 0.6) is 0 Å². The van der Waals surface area contributed by atoms with Crippen molar-refractivity contribution < 1.29 is 18.3 Å². The summed E-state index contributed by atoms with van der Waals surface area (Å²) >= 11 is 5.13. The Morgan fingerprint density at radius 3 is 2.06 bits per heavy atom. The van der Waals surface area contributed by atoms with E-state index >= 15 is 0 Å². The largest absolute Gasteiger partial charge is 0.331 e. The molecule has 0 aliphatic carbocycles. The first-order chi connectivity index (χ1) is 14.6. The zero-order valence-electron chi connectivity index (χ0n) is 16.6. The summed E-state index contributed by atoms with van der Waals surface area (Å²) in [5.41, 5.74) is 5.32. The van der Waals surface area contributed by atoms with Crippen LogP contribution in [0, 0.1) is 20.2 Å². The van der Waals surface area contributed by atoms with E-state index in [0.717, 1.165) is 12.1 Å². The van der Waals surface area contributed by atoms with Crippen LogP contribution < -0.4 is 16.2 Å². The van der Waals surface area contributed by atoms with E-state index in [1.165, 1.54) is 34.6 Å². The molecule has 0 radical (unpaired) electrons. The Hall–Kier alpha value is -3.36. The summed E-state index contributed by atoms with van der Waals surface area (Å²) in [7, 11) is -4.01. The van der Waals surface area contributed by atoms with E-state index in [0.29, 0.717) is 5.69 Å². The highest BCUT2D eigenvalue weighted by Crippen LogP contribution is 2.28. The van der Waals surface area contributed by atoms with Gasteiger partial charge < -0.3 is 5.32 Å². The summed E-state index contributed by atoms with van der Waals surface area (Å²) in [6.07, 6.45) is 0. The van der Waals surface area contributed by atoms with E-state index in [4.69, 9.17) is 12.2 Å². The minimum Gasteiger partial charge on any atom is -0.331 e. The van der Waals surface area contributed by atoms with Crippen molar-refractivity contribution in [1.82, 2.24) is 9.73 Å². The highest BCUT2D eigenvalue weighted by molar-refractivity contribution is 7.89. The third-order valence-corrected chi connectivity index (χ3v) is 6.44. The van der Waals surface area contributed by atoms with E-state index in [1.54, 1.807) is 13.8 Å². The topological polar surface area (TPSA) is 160 Å². The first-order valence-corrected chi connectivity index (χ1v) is 10.8. The van der Waals surface area contributed by atoms with Crippen LogP contribution in [0.15, 0.2) is 47.4 Å². The van der Waals surface area contributed by atoms with Gasteiger partial charge in [-0.2, -0.15) is 4.31 Å². The highest BCUT2D eigenvalue weighted by Gasteiger charge is 2.27. The second-order valence-electron chi connectivity index (χ2n) is 6.04. The number of anilines is 2. The van der Waals surface area contributed by atoms with Gasteiger partial charge in [0.15, 0.2) is 5.11 Å². The summed E-state index contributed by atoms with van der Waals surface area (Å²) in [4.78, 5) is 20.3. The molecule has 0 aromatic heterocycles. The van der Waals surface area contributed by atoms with Gasteiger partial charge in [-0.25, -0.2) is 8.42 Å². The molecule has 0 saturated heterocycles. The second-order valence-corrected chi connectivity index (χ2v) is 8.35. The number of thiocarbonyl (C=S) groups is 1. The molecule has 14 heteroatoms. The minimum absolute atomic E-state index is 0.0402. The number of rotatable bonds is 9. The number of sulfonamides is 1. The quantitative estimate of drug-likeness (QED) is 0.284. The van der Waals surface area contributed by atoms with Crippen LogP contribution in [0.3, 0.4) is 0 Å². The Morgan fingerprint density at radius 2 is 1.55 bits per heavy atom. The van der Waals surface area contributed by atoms with E-state index in [2.05, 4.69) is 16.2 Å². The molecule has 0 fully saturated rings. The number of nitrogens with one attached hydrogen (secondary N) is 3. The fraction of sp³-hybridized carbons (Fsp3) is 0.235. The molecule has 2 aromatic carbocycles.